The number of para-hydroxylation sites is 1. The van der Waals surface area contributed by atoms with Gasteiger partial charge in [0.1, 0.15) is 11.5 Å². The van der Waals surface area contributed by atoms with Crippen molar-refractivity contribution in [1.29, 1.82) is 0 Å². The zero-order chi connectivity index (χ0) is 22.2. The number of carbonyl (C=O) groups is 2. The van der Waals surface area contributed by atoms with Crippen LogP contribution in [0, 0.1) is 0 Å². The molecule has 0 saturated carbocycles. The maximum atomic E-state index is 12.5. The Morgan fingerprint density at radius 2 is 1.81 bits per heavy atom. The average Bonchev–Trinajstić information content (AvgIpc) is 2.82. The van der Waals surface area contributed by atoms with Gasteiger partial charge in [0, 0.05) is 38.6 Å². The fourth-order valence-electron chi connectivity index (χ4n) is 3.69. The van der Waals surface area contributed by atoms with Crippen molar-refractivity contribution in [1.82, 2.24) is 20.5 Å². The average molecular weight is 431 g/mol. The first-order chi connectivity index (χ1) is 15.7. The summed E-state index contributed by atoms with van der Waals surface area (Å²) in [6.45, 7) is 2.21. The Morgan fingerprint density at radius 3 is 2.62 bits per heavy atom. The lowest BCUT2D eigenvalue weighted by atomic mass is 10.1. The number of nitrogens with one attached hydrogen (secondary N) is 2. The van der Waals surface area contributed by atoms with E-state index in [1.807, 2.05) is 71.6 Å². The topological polar surface area (TPSA) is 83.6 Å². The lowest BCUT2D eigenvalue weighted by molar-refractivity contribution is -0.134. The van der Waals surface area contributed by atoms with Crippen molar-refractivity contribution in [2.24, 2.45) is 0 Å². The number of ether oxygens (including phenoxy) is 1. The van der Waals surface area contributed by atoms with Gasteiger partial charge in [0.2, 0.25) is 11.8 Å². The summed E-state index contributed by atoms with van der Waals surface area (Å²) >= 11 is 0. The second kappa shape index (κ2) is 10.5. The summed E-state index contributed by atoms with van der Waals surface area (Å²) in [6, 6.07) is 20.6. The Labute approximate surface area is 187 Å². The van der Waals surface area contributed by atoms with Crippen LogP contribution in [0.5, 0.6) is 11.5 Å². The largest absolute Gasteiger partial charge is 0.457 e. The highest BCUT2D eigenvalue weighted by atomic mass is 16.5. The molecule has 2 amide bonds. The molecule has 1 fully saturated rings. The lowest BCUT2D eigenvalue weighted by Gasteiger charge is -2.34. The maximum Gasteiger partial charge on any atom is 0.237 e. The van der Waals surface area contributed by atoms with Crippen LogP contribution in [0.2, 0.25) is 0 Å². The highest BCUT2D eigenvalue weighted by Crippen LogP contribution is 2.23. The molecule has 4 rings (SSSR count). The molecule has 2 aromatic carbocycles. The third-order valence-corrected chi connectivity index (χ3v) is 5.32. The standard InChI is InChI=1S/C25H26N4O3/c30-24(28-17-19-9-11-26-12-10-19)16-23-25(31)27-13-14-29(23)18-20-5-4-8-22(15-20)32-21-6-2-1-3-7-21/h1-12,15,23H,13-14,16-18H2,(H,27,31)(H,28,30). The molecule has 1 unspecified atom stereocenters. The first-order valence-corrected chi connectivity index (χ1v) is 10.7. The molecule has 0 radical (unpaired) electrons. The molecular weight excluding hydrogens is 404 g/mol. The van der Waals surface area contributed by atoms with Crippen molar-refractivity contribution in [3.05, 3.63) is 90.3 Å². The number of aromatic nitrogens is 1. The van der Waals surface area contributed by atoms with E-state index in [2.05, 4.69) is 15.6 Å². The smallest absolute Gasteiger partial charge is 0.237 e. The van der Waals surface area contributed by atoms with Gasteiger partial charge in [-0.05, 0) is 47.5 Å². The molecular formula is C25H26N4O3. The number of piperazine rings is 1. The van der Waals surface area contributed by atoms with E-state index < -0.39 is 6.04 Å². The van der Waals surface area contributed by atoms with Gasteiger partial charge in [-0.15, -0.1) is 0 Å². The van der Waals surface area contributed by atoms with Gasteiger partial charge in [-0.1, -0.05) is 30.3 Å². The minimum absolute atomic E-state index is 0.108. The maximum absolute atomic E-state index is 12.5. The molecule has 1 atom stereocenters. The van der Waals surface area contributed by atoms with E-state index in [1.165, 1.54) is 0 Å². The van der Waals surface area contributed by atoms with Crippen LogP contribution in [0.25, 0.3) is 0 Å². The number of hydrogen-bond donors (Lipinski definition) is 2. The quantitative estimate of drug-likeness (QED) is 0.574. The minimum atomic E-state index is -0.514. The predicted octanol–water partition coefficient (Wildman–Crippen LogP) is 2.88. The lowest BCUT2D eigenvalue weighted by Crippen LogP contribution is -2.56. The summed E-state index contributed by atoms with van der Waals surface area (Å²) in [7, 11) is 0. The molecule has 0 spiro atoms. The second-order valence-corrected chi connectivity index (χ2v) is 7.68. The first kappa shape index (κ1) is 21.5. The van der Waals surface area contributed by atoms with E-state index in [-0.39, 0.29) is 18.2 Å². The van der Waals surface area contributed by atoms with E-state index in [4.69, 9.17) is 4.74 Å². The molecule has 1 aromatic heterocycles. The van der Waals surface area contributed by atoms with Crippen LogP contribution in [-0.4, -0.2) is 40.8 Å². The Hall–Kier alpha value is -3.71. The fourth-order valence-corrected chi connectivity index (χ4v) is 3.69. The van der Waals surface area contributed by atoms with Gasteiger partial charge >= 0.3 is 0 Å². The SMILES string of the molecule is O=C(CC1C(=O)NCCN1Cc1cccc(Oc2ccccc2)c1)NCc1ccncc1. The van der Waals surface area contributed by atoms with Gasteiger partial charge in [-0.3, -0.25) is 19.5 Å². The summed E-state index contributed by atoms with van der Waals surface area (Å²) in [5.41, 5.74) is 1.99. The number of nitrogens with zero attached hydrogens (tertiary/aromatic N) is 2. The van der Waals surface area contributed by atoms with Crippen molar-refractivity contribution in [2.75, 3.05) is 13.1 Å². The molecule has 2 heterocycles. The summed E-state index contributed by atoms with van der Waals surface area (Å²) in [6.07, 6.45) is 3.48. The molecule has 1 aliphatic rings. The number of hydrogen-bond acceptors (Lipinski definition) is 5. The molecule has 0 bridgehead atoms. The third kappa shape index (κ3) is 5.92. The van der Waals surface area contributed by atoms with Crippen molar-refractivity contribution in [3.8, 4) is 11.5 Å². The molecule has 1 saturated heterocycles. The highest BCUT2D eigenvalue weighted by Gasteiger charge is 2.31. The van der Waals surface area contributed by atoms with Crippen LogP contribution in [0.3, 0.4) is 0 Å². The summed E-state index contributed by atoms with van der Waals surface area (Å²) in [4.78, 5) is 31.1. The normalized spacial score (nSPS) is 16.2. The van der Waals surface area contributed by atoms with Crippen LogP contribution in [0.1, 0.15) is 17.5 Å². The molecule has 7 nitrogen and oxygen atoms in total. The number of amides is 2. The van der Waals surface area contributed by atoms with Crippen LogP contribution >= 0.6 is 0 Å². The summed E-state index contributed by atoms with van der Waals surface area (Å²) in [5, 5.41) is 5.77. The number of rotatable bonds is 8. The van der Waals surface area contributed by atoms with Gasteiger partial charge in [-0.2, -0.15) is 0 Å². The number of carbonyl (C=O) groups excluding carboxylic acids is 2. The van der Waals surface area contributed by atoms with Gasteiger partial charge in [0.25, 0.3) is 0 Å². The van der Waals surface area contributed by atoms with Gasteiger partial charge < -0.3 is 15.4 Å². The Morgan fingerprint density at radius 1 is 1.03 bits per heavy atom. The third-order valence-electron chi connectivity index (χ3n) is 5.32. The van der Waals surface area contributed by atoms with E-state index in [1.54, 1.807) is 12.4 Å². The zero-order valence-corrected chi connectivity index (χ0v) is 17.7. The van der Waals surface area contributed by atoms with Crippen LogP contribution < -0.4 is 15.4 Å². The minimum Gasteiger partial charge on any atom is -0.457 e. The molecule has 7 heteroatoms. The van der Waals surface area contributed by atoms with E-state index in [0.717, 1.165) is 22.6 Å². The van der Waals surface area contributed by atoms with Crippen LogP contribution in [0.15, 0.2) is 79.1 Å². The molecule has 32 heavy (non-hydrogen) atoms. The Bertz CT molecular complexity index is 1040. The Kier molecular flexibility index (Phi) is 7.09. The van der Waals surface area contributed by atoms with Gasteiger partial charge in [0.15, 0.2) is 0 Å². The summed E-state index contributed by atoms with van der Waals surface area (Å²) < 4.78 is 5.93. The van der Waals surface area contributed by atoms with Gasteiger partial charge in [0.05, 0.1) is 12.5 Å². The molecule has 2 N–H and O–H groups in total. The van der Waals surface area contributed by atoms with Crippen molar-refractivity contribution in [3.63, 3.8) is 0 Å². The highest BCUT2D eigenvalue weighted by molar-refractivity contribution is 5.88. The molecule has 1 aliphatic heterocycles. The monoisotopic (exact) mass is 430 g/mol. The fraction of sp³-hybridized carbons (Fsp3) is 0.240. The van der Waals surface area contributed by atoms with Crippen molar-refractivity contribution < 1.29 is 14.3 Å². The number of benzene rings is 2. The predicted molar refractivity (Wildman–Crippen MR) is 121 cm³/mol. The Balaban J connectivity index is 1.38. The molecule has 3 aromatic rings. The van der Waals surface area contributed by atoms with Crippen LogP contribution in [0.4, 0.5) is 0 Å². The van der Waals surface area contributed by atoms with E-state index in [9.17, 15) is 9.59 Å². The van der Waals surface area contributed by atoms with Crippen LogP contribution in [-0.2, 0) is 22.7 Å². The molecule has 164 valence electrons. The van der Waals surface area contributed by atoms with Crippen molar-refractivity contribution >= 4 is 11.8 Å². The second-order valence-electron chi connectivity index (χ2n) is 7.68. The zero-order valence-electron chi connectivity index (χ0n) is 17.7. The summed E-state index contributed by atoms with van der Waals surface area (Å²) in [5.74, 6) is 1.23. The molecule has 0 aliphatic carbocycles. The number of pyridine rings is 1. The van der Waals surface area contributed by atoms with E-state index in [0.29, 0.717) is 26.2 Å². The van der Waals surface area contributed by atoms with E-state index >= 15 is 0 Å². The van der Waals surface area contributed by atoms with Crippen molar-refractivity contribution in [2.45, 2.75) is 25.6 Å². The van der Waals surface area contributed by atoms with Gasteiger partial charge in [-0.25, -0.2) is 0 Å². The first-order valence-electron chi connectivity index (χ1n) is 10.7.